The molecular weight excluding hydrogens is 469 g/mol. The number of aryl methyl sites for hydroxylation is 1. The van der Waals surface area contributed by atoms with Crippen molar-refractivity contribution >= 4 is 29.9 Å². The quantitative estimate of drug-likeness (QED) is 0.346. The van der Waals surface area contributed by atoms with Crippen LogP contribution < -0.4 is 5.32 Å². The van der Waals surface area contributed by atoms with Gasteiger partial charge in [-0.05, 0) is 39.3 Å². The second-order valence-electron chi connectivity index (χ2n) is 7.49. The lowest BCUT2D eigenvalue weighted by Crippen LogP contribution is -2.45. The fraction of sp³-hybridized carbons (Fsp3) is 0.842. The highest BCUT2D eigenvalue weighted by Gasteiger charge is 2.28. The monoisotopic (exact) mass is 505 g/mol. The van der Waals surface area contributed by atoms with Gasteiger partial charge in [-0.15, -0.1) is 34.2 Å². The minimum absolute atomic E-state index is 0. The normalized spacial score (nSPS) is 22.8. The Labute approximate surface area is 186 Å². The van der Waals surface area contributed by atoms with Crippen molar-refractivity contribution in [2.24, 2.45) is 12.0 Å². The van der Waals surface area contributed by atoms with Crippen molar-refractivity contribution in [2.45, 2.75) is 58.7 Å². The molecule has 0 saturated carbocycles. The molecule has 3 heterocycles. The third kappa shape index (κ3) is 5.79. The fourth-order valence-electron chi connectivity index (χ4n) is 3.98. The number of aromatic nitrogens is 3. The van der Waals surface area contributed by atoms with Crippen LogP contribution in [0.1, 0.15) is 44.8 Å². The third-order valence-electron chi connectivity index (χ3n) is 5.86. The van der Waals surface area contributed by atoms with Crippen LogP contribution in [0.5, 0.6) is 0 Å². The second-order valence-corrected chi connectivity index (χ2v) is 7.49. The van der Waals surface area contributed by atoms with Crippen molar-refractivity contribution in [3.63, 3.8) is 0 Å². The SMILES string of the molecule is CCN(CC)C1CCN(C(=NCc2nnc(C)n2C)NCC2CCCO2)C1.I. The van der Waals surface area contributed by atoms with Crippen LogP contribution in [0.25, 0.3) is 0 Å². The van der Waals surface area contributed by atoms with Crippen LogP contribution >= 0.6 is 24.0 Å². The minimum Gasteiger partial charge on any atom is -0.376 e. The smallest absolute Gasteiger partial charge is 0.194 e. The van der Waals surface area contributed by atoms with Gasteiger partial charge in [0.1, 0.15) is 12.4 Å². The molecule has 2 aliphatic heterocycles. The van der Waals surface area contributed by atoms with E-state index in [1.807, 2.05) is 18.5 Å². The number of likely N-dealkylation sites (N-methyl/N-ethyl adjacent to an activating group) is 1. The highest BCUT2D eigenvalue weighted by molar-refractivity contribution is 14.0. The Hall–Kier alpha value is -0.940. The Kier molecular flexibility index (Phi) is 9.42. The zero-order valence-electron chi connectivity index (χ0n) is 17.7. The summed E-state index contributed by atoms with van der Waals surface area (Å²) in [5, 5.41) is 12.0. The molecule has 1 N–H and O–H groups in total. The van der Waals surface area contributed by atoms with Crippen LogP contribution in [0.4, 0.5) is 0 Å². The number of guanidine groups is 1. The summed E-state index contributed by atoms with van der Waals surface area (Å²) >= 11 is 0. The van der Waals surface area contributed by atoms with Gasteiger partial charge in [-0.3, -0.25) is 4.90 Å². The molecule has 2 fully saturated rings. The van der Waals surface area contributed by atoms with Gasteiger partial charge in [-0.1, -0.05) is 13.8 Å². The van der Waals surface area contributed by atoms with Gasteiger partial charge in [0.05, 0.1) is 6.10 Å². The van der Waals surface area contributed by atoms with Gasteiger partial charge in [0.15, 0.2) is 11.8 Å². The van der Waals surface area contributed by atoms with E-state index in [0.29, 0.717) is 18.7 Å². The average molecular weight is 505 g/mol. The predicted molar refractivity (Wildman–Crippen MR) is 122 cm³/mol. The van der Waals surface area contributed by atoms with Crippen LogP contribution in [0.3, 0.4) is 0 Å². The van der Waals surface area contributed by atoms with E-state index in [1.54, 1.807) is 0 Å². The highest BCUT2D eigenvalue weighted by Crippen LogP contribution is 2.17. The minimum atomic E-state index is 0. The van der Waals surface area contributed by atoms with Gasteiger partial charge < -0.3 is 19.5 Å². The van der Waals surface area contributed by atoms with Crippen molar-refractivity contribution in [1.82, 2.24) is 29.9 Å². The average Bonchev–Trinajstić information content (AvgIpc) is 3.41. The summed E-state index contributed by atoms with van der Waals surface area (Å²) in [6, 6.07) is 0.604. The zero-order valence-corrected chi connectivity index (χ0v) is 20.1. The van der Waals surface area contributed by atoms with Crippen molar-refractivity contribution in [2.75, 3.05) is 39.3 Å². The molecule has 1 aromatic heterocycles. The Morgan fingerprint density at radius 2 is 2.07 bits per heavy atom. The molecule has 0 amide bonds. The number of nitrogens with zero attached hydrogens (tertiary/aromatic N) is 6. The van der Waals surface area contributed by atoms with Gasteiger partial charge in [0.25, 0.3) is 0 Å². The van der Waals surface area contributed by atoms with Crippen molar-refractivity contribution in [3.05, 3.63) is 11.6 Å². The number of nitrogens with one attached hydrogen (secondary N) is 1. The molecule has 9 heteroatoms. The van der Waals surface area contributed by atoms with E-state index in [-0.39, 0.29) is 24.0 Å². The molecule has 0 bridgehead atoms. The van der Waals surface area contributed by atoms with Crippen molar-refractivity contribution in [1.29, 1.82) is 0 Å². The first-order valence-corrected chi connectivity index (χ1v) is 10.4. The lowest BCUT2D eigenvalue weighted by Gasteiger charge is -2.27. The standard InChI is InChI=1S/C19H35N7O.HI/c1-5-25(6-2)16-9-10-26(14-16)19(20-12-17-8-7-11-27-17)21-13-18-23-22-15(3)24(18)4;/h16-17H,5-14H2,1-4H3,(H,20,21);1H. The maximum atomic E-state index is 5.77. The third-order valence-corrected chi connectivity index (χ3v) is 5.86. The molecule has 0 spiro atoms. The Bertz CT molecular complexity index is 626. The summed E-state index contributed by atoms with van der Waals surface area (Å²) < 4.78 is 7.78. The van der Waals surface area contributed by atoms with Crippen LogP contribution in [-0.4, -0.2) is 82.0 Å². The molecule has 2 aliphatic rings. The van der Waals surface area contributed by atoms with Crippen molar-refractivity contribution < 1.29 is 4.74 Å². The van der Waals surface area contributed by atoms with Crippen LogP contribution in [-0.2, 0) is 18.3 Å². The van der Waals surface area contributed by atoms with E-state index >= 15 is 0 Å². The summed E-state index contributed by atoms with van der Waals surface area (Å²) in [7, 11) is 1.99. The molecular formula is C19H36IN7O. The zero-order chi connectivity index (χ0) is 19.2. The maximum Gasteiger partial charge on any atom is 0.194 e. The van der Waals surface area contributed by atoms with Crippen LogP contribution in [0.15, 0.2) is 4.99 Å². The Morgan fingerprint density at radius 1 is 1.29 bits per heavy atom. The molecule has 0 aromatic carbocycles. The molecule has 2 saturated heterocycles. The molecule has 1 aromatic rings. The lowest BCUT2D eigenvalue weighted by atomic mass is 10.2. The summed E-state index contributed by atoms with van der Waals surface area (Å²) in [6.45, 7) is 13.0. The van der Waals surface area contributed by atoms with E-state index < -0.39 is 0 Å². The van der Waals surface area contributed by atoms with Crippen LogP contribution in [0.2, 0.25) is 0 Å². The van der Waals surface area contributed by atoms with E-state index in [9.17, 15) is 0 Å². The largest absolute Gasteiger partial charge is 0.376 e. The summed E-state index contributed by atoms with van der Waals surface area (Å²) in [6.07, 6.45) is 3.77. The van der Waals surface area contributed by atoms with E-state index in [1.165, 1.54) is 6.42 Å². The van der Waals surface area contributed by atoms with Gasteiger partial charge in [-0.2, -0.15) is 0 Å². The lowest BCUT2D eigenvalue weighted by molar-refractivity contribution is 0.113. The highest BCUT2D eigenvalue weighted by atomic mass is 127. The van der Waals surface area contributed by atoms with Crippen LogP contribution in [0, 0.1) is 6.92 Å². The number of hydrogen-bond donors (Lipinski definition) is 1. The first-order chi connectivity index (χ1) is 13.1. The Balaban J connectivity index is 0.00000280. The molecule has 0 aliphatic carbocycles. The summed E-state index contributed by atoms with van der Waals surface area (Å²) in [4.78, 5) is 9.83. The van der Waals surface area contributed by atoms with E-state index in [0.717, 1.165) is 69.8 Å². The molecule has 2 unspecified atom stereocenters. The van der Waals surface area contributed by atoms with E-state index in [2.05, 4.69) is 39.2 Å². The topological polar surface area (TPSA) is 70.8 Å². The number of halogens is 1. The van der Waals surface area contributed by atoms with Gasteiger partial charge in [0, 0.05) is 39.3 Å². The van der Waals surface area contributed by atoms with Gasteiger partial charge in [0.2, 0.25) is 0 Å². The number of ether oxygens (including phenoxy) is 1. The molecule has 8 nitrogen and oxygen atoms in total. The summed E-state index contributed by atoms with van der Waals surface area (Å²) in [5.41, 5.74) is 0. The molecule has 160 valence electrons. The first kappa shape index (κ1) is 23.3. The Morgan fingerprint density at radius 3 is 2.68 bits per heavy atom. The summed E-state index contributed by atoms with van der Waals surface area (Å²) in [5.74, 6) is 2.78. The van der Waals surface area contributed by atoms with Crippen molar-refractivity contribution in [3.8, 4) is 0 Å². The van der Waals surface area contributed by atoms with Gasteiger partial charge >= 0.3 is 0 Å². The number of aliphatic imine (C=N–C) groups is 1. The van der Waals surface area contributed by atoms with E-state index in [4.69, 9.17) is 9.73 Å². The van der Waals surface area contributed by atoms with Gasteiger partial charge in [-0.25, -0.2) is 4.99 Å². The number of rotatable bonds is 7. The first-order valence-electron chi connectivity index (χ1n) is 10.4. The molecule has 3 rings (SSSR count). The molecule has 28 heavy (non-hydrogen) atoms. The number of likely N-dealkylation sites (tertiary alicyclic amines) is 1. The molecule has 2 atom stereocenters. The molecule has 0 radical (unpaired) electrons. The predicted octanol–water partition coefficient (Wildman–Crippen LogP) is 1.78. The number of hydrogen-bond acceptors (Lipinski definition) is 5. The second kappa shape index (κ2) is 11.3. The maximum absolute atomic E-state index is 5.77. The fourth-order valence-corrected chi connectivity index (χ4v) is 3.98.